The van der Waals surface area contributed by atoms with Gasteiger partial charge in [-0.2, -0.15) is 5.10 Å². The Morgan fingerprint density at radius 3 is 2.84 bits per heavy atom. The van der Waals surface area contributed by atoms with E-state index < -0.39 is 6.43 Å². The van der Waals surface area contributed by atoms with E-state index in [4.69, 9.17) is 0 Å². The summed E-state index contributed by atoms with van der Waals surface area (Å²) < 4.78 is 27.4. The minimum Gasteiger partial charge on any atom is -0.369 e. The van der Waals surface area contributed by atoms with Crippen molar-refractivity contribution in [3.63, 3.8) is 0 Å². The molecule has 134 valence electrons. The Hall–Kier alpha value is -2.05. The first-order chi connectivity index (χ1) is 12.2. The van der Waals surface area contributed by atoms with Crippen molar-refractivity contribution in [2.24, 2.45) is 5.92 Å². The van der Waals surface area contributed by atoms with Crippen LogP contribution in [0.25, 0.3) is 11.3 Å². The number of hydrogen-bond donors (Lipinski definition) is 1. The van der Waals surface area contributed by atoms with E-state index >= 15 is 0 Å². The van der Waals surface area contributed by atoms with Crippen LogP contribution in [-0.4, -0.2) is 32.7 Å². The number of alkyl halides is 2. The zero-order valence-electron chi connectivity index (χ0n) is 14.2. The van der Waals surface area contributed by atoms with Gasteiger partial charge in [-0.3, -0.25) is 4.68 Å². The molecule has 4 rings (SSSR count). The van der Waals surface area contributed by atoms with Crippen molar-refractivity contribution in [3.8, 4) is 11.3 Å². The Labute approximate surface area is 145 Å². The highest BCUT2D eigenvalue weighted by Crippen LogP contribution is 2.38. The van der Waals surface area contributed by atoms with Gasteiger partial charge >= 0.3 is 0 Å². The number of hydrogen-bond acceptors (Lipinski definition) is 4. The van der Waals surface area contributed by atoms with E-state index in [-0.39, 0.29) is 12.5 Å². The lowest BCUT2D eigenvalue weighted by Gasteiger charge is -2.24. The third-order valence-electron chi connectivity index (χ3n) is 5.45. The van der Waals surface area contributed by atoms with Gasteiger partial charge in [-0.25, -0.2) is 18.7 Å². The summed E-state index contributed by atoms with van der Waals surface area (Å²) in [7, 11) is 0. The topological polar surface area (TPSA) is 55.6 Å². The summed E-state index contributed by atoms with van der Waals surface area (Å²) in [5.74, 6) is 1.34. The maximum atomic E-state index is 12.8. The minimum atomic E-state index is -2.25. The fraction of sp³-hybridized carbons (Fsp3) is 0.611. The van der Waals surface area contributed by atoms with Crippen LogP contribution in [0.5, 0.6) is 0 Å². The average Bonchev–Trinajstić information content (AvgIpc) is 3.36. The van der Waals surface area contributed by atoms with Gasteiger partial charge in [0.05, 0.1) is 17.9 Å². The highest BCUT2D eigenvalue weighted by atomic mass is 19.3. The number of nitrogens with one attached hydrogen (secondary N) is 1. The summed E-state index contributed by atoms with van der Waals surface area (Å²) >= 11 is 0. The smallest absolute Gasteiger partial charge is 0.238 e. The summed E-state index contributed by atoms with van der Waals surface area (Å²) in [5.41, 5.74) is 2.97. The van der Waals surface area contributed by atoms with Gasteiger partial charge in [0, 0.05) is 30.3 Å². The summed E-state index contributed by atoms with van der Waals surface area (Å²) in [6.07, 6.45) is 9.01. The Kier molecular flexibility index (Phi) is 4.63. The molecular weight excluding hydrogens is 324 g/mol. The molecule has 1 aliphatic carbocycles. The van der Waals surface area contributed by atoms with Crippen molar-refractivity contribution >= 4 is 5.82 Å². The molecule has 0 saturated heterocycles. The molecule has 2 aromatic rings. The van der Waals surface area contributed by atoms with Gasteiger partial charge in [-0.15, -0.1) is 0 Å². The van der Waals surface area contributed by atoms with Crippen LogP contribution in [0.2, 0.25) is 0 Å². The number of halogens is 2. The van der Waals surface area contributed by atoms with Crippen molar-refractivity contribution < 1.29 is 8.78 Å². The van der Waals surface area contributed by atoms with Gasteiger partial charge < -0.3 is 5.32 Å². The van der Waals surface area contributed by atoms with Crippen LogP contribution in [-0.2, 0) is 6.42 Å². The van der Waals surface area contributed by atoms with Crippen molar-refractivity contribution in [3.05, 3.63) is 24.3 Å². The van der Waals surface area contributed by atoms with Crippen LogP contribution in [0, 0.1) is 5.92 Å². The van der Waals surface area contributed by atoms with E-state index in [1.165, 1.54) is 12.8 Å². The molecule has 1 aliphatic heterocycles. The van der Waals surface area contributed by atoms with Gasteiger partial charge in [0.1, 0.15) is 12.1 Å². The molecule has 1 N–H and O–H groups in total. The monoisotopic (exact) mass is 347 g/mol. The second-order valence-corrected chi connectivity index (χ2v) is 7.02. The van der Waals surface area contributed by atoms with E-state index in [9.17, 15) is 8.78 Å². The second-order valence-electron chi connectivity index (χ2n) is 7.02. The third kappa shape index (κ3) is 3.37. The zero-order chi connectivity index (χ0) is 17.2. The Morgan fingerprint density at radius 2 is 2.04 bits per heavy atom. The molecule has 1 unspecified atom stereocenters. The highest BCUT2D eigenvalue weighted by Gasteiger charge is 2.28. The third-order valence-corrected chi connectivity index (χ3v) is 5.45. The van der Waals surface area contributed by atoms with E-state index in [1.807, 2.05) is 17.1 Å². The van der Waals surface area contributed by atoms with Gasteiger partial charge in [0.25, 0.3) is 0 Å². The van der Waals surface area contributed by atoms with Gasteiger partial charge in [-0.1, -0.05) is 12.8 Å². The van der Waals surface area contributed by atoms with E-state index in [0.29, 0.717) is 12.3 Å². The lowest BCUT2D eigenvalue weighted by Crippen LogP contribution is -2.19. The summed E-state index contributed by atoms with van der Waals surface area (Å²) in [6.45, 7) is 0.869. The summed E-state index contributed by atoms with van der Waals surface area (Å²) in [5, 5.41) is 7.79. The van der Waals surface area contributed by atoms with Crippen LogP contribution >= 0.6 is 0 Å². The van der Waals surface area contributed by atoms with Crippen LogP contribution in [0.4, 0.5) is 14.6 Å². The van der Waals surface area contributed by atoms with Gasteiger partial charge in [0.2, 0.25) is 6.43 Å². The van der Waals surface area contributed by atoms with E-state index in [0.717, 1.165) is 48.4 Å². The fourth-order valence-corrected chi connectivity index (χ4v) is 4.22. The highest BCUT2D eigenvalue weighted by molar-refractivity contribution is 5.69. The van der Waals surface area contributed by atoms with Crippen LogP contribution in [0.15, 0.2) is 18.7 Å². The lowest BCUT2D eigenvalue weighted by molar-refractivity contribution is 0.120. The molecule has 0 amide bonds. The first-order valence-electron chi connectivity index (χ1n) is 9.13. The van der Waals surface area contributed by atoms with Crippen molar-refractivity contribution in [1.29, 1.82) is 0 Å². The number of anilines is 1. The molecule has 0 bridgehead atoms. The molecule has 1 atom stereocenters. The van der Waals surface area contributed by atoms with E-state index in [2.05, 4.69) is 20.4 Å². The first-order valence-corrected chi connectivity index (χ1v) is 9.13. The molecule has 5 nitrogen and oxygen atoms in total. The van der Waals surface area contributed by atoms with Crippen LogP contribution < -0.4 is 5.32 Å². The maximum Gasteiger partial charge on any atom is 0.238 e. The minimum absolute atomic E-state index is 0.0539. The molecule has 1 fully saturated rings. The van der Waals surface area contributed by atoms with Crippen LogP contribution in [0.1, 0.15) is 50.1 Å². The standard InChI is InChI=1S/C18H23F2N5/c19-16(20)6-5-15(12-3-1-2-4-12)25-10-13(9-24-25)17-14-7-8-21-18(14)23-11-22-17/h9-12,15-16H,1-8H2,(H,21,22,23). The summed E-state index contributed by atoms with van der Waals surface area (Å²) in [4.78, 5) is 8.71. The van der Waals surface area contributed by atoms with E-state index in [1.54, 1.807) is 6.33 Å². The predicted molar refractivity (Wildman–Crippen MR) is 91.7 cm³/mol. The normalized spacial score (nSPS) is 18.5. The summed E-state index contributed by atoms with van der Waals surface area (Å²) in [6, 6.07) is 0.0539. The molecule has 2 aromatic heterocycles. The molecule has 25 heavy (non-hydrogen) atoms. The number of rotatable bonds is 6. The molecule has 0 radical (unpaired) electrons. The largest absolute Gasteiger partial charge is 0.369 e. The zero-order valence-corrected chi connectivity index (χ0v) is 14.2. The number of fused-ring (bicyclic) bond motifs is 1. The molecule has 0 spiro atoms. The van der Waals surface area contributed by atoms with Crippen LogP contribution in [0.3, 0.4) is 0 Å². The lowest BCUT2D eigenvalue weighted by atomic mass is 9.94. The number of nitrogens with zero attached hydrogens (tertiary/aromatic N) is 4. The molecular formula is C18H23F2N5. The Bertz CT molecular complexity index is 724. The average molecular weight is 347 g/mol. The van der Waals surface area contributed by atoms with Crippen molar-refractivity contribution in [2.45, 2.75) is 57.4 Å². The molecule has 3 heterocycles. The van der Waals surface area contributed by atoms with Gasteiger partial charge in [0.15, 0.2) is 0 Å². The number of aromatic nitrogens is 4. The predicted octanol–water partition coefficient (Wildman–Crippen LogP) is 4.08. The Morgan fingerprint density at radius 1 is 1.20 bits per heavy atom. The van der Waals surface area contributed by atoms with Gasteiger partial charge in [-0.05, 0) is 31.6 Å². The molecule has 0 aromatic carbocycles. The molecule has 1 saturated carbocycles. The Balaban J connectivity index is 1.61. The second kappa shape index (κ2) is 7.06. The maximum absolute atomic E-state index is 12.8. The first kappa shape index (κ1) is 16.4. The quantitative estimate of drug-likeness (QED) is 0.855. The molecule has 7 heteroatoms. The van der Waals surface area contributed by atoms with Crippen molar-refractivity contribution in [1.82, 2.24) is 19.7 Å². The van der Waals surface area contributed by atoms with Crippen molar-refractivity contribution in [2.75, 3.05) is 11.9 Å². The SMILES string of the molecule is FC(F)CCC(C1CCCC1)n1cc(-c2ncnc3c2CCN3)cn1. The fourth-order valence-electron chi connectivity index (χ4n) is 4.22. The molecule has 2 aliphatic rings.